The van der Waals surface area contributed by atoms with E-state index in [9.17, 15) is 4.79 Å². The van der Waals surface area contributed by atoms with Crippen LogP contribution >= 0.6 is 0 Å². The molecule has 0 saturated carbocycles. The Bertz CT molecular complexity index is 777. The molecular formula is C22H24N2O2. The molecule has 134 valence electrons. The Labute approximate surface area is 153 Å². The largest absolute Gasteiger partial charge is 0.457 e. The molecule has 3 heterocycles. The summed E-state index contributed by atoms with van der Waals surface area (Å²) in [5.74, 6) is 1.37. The lowest BCUT2D eigenvalue weighted by molar-refractivity contribution is -0.122. The molecule has 0 radical (unpaired) electrons. The van der Waals surface area contributed by atoms with Crippen LogP contribution < -0.4 is 15.4 Å². The van der Waals surface area contributed by atoms with Crippen molar-refractivity contribution < 1.29 is 9.53 Å². The highest BCUT2D eigenvalue weighted by atomic mass is 16.5. The highest BCUT2D eigenvalue weighted by Gasteiger charge is 2.36. The molecule has 3 aliphatic heterocycles. The summed E-state index contributed by atoms with van der Waals surface area (Å²) < 4.78 is 6.02. The number of carbonyl (C=O) groups is 1. The van der Waals surface area contributed by atoms with Crippen molar-refractivity contribution in [2.45, 2.75) is 56.1 Å². The number of ether oxygens (including phenoxy) is 1. The van der Waals surface area contributed by atoms with Gasteiger partial charge >= 0.3 is 0 Å². The zero-order valence-corrected chi connectivity index (χ0v) is 14.8. The molecule has 3 aliphatic rings. The fraction of sp³-hybridized carbons (Fsp3) is 0.409. The minimum atomic E-state index is -0.300. The second kappa shape index (κ2) is 6.44. The average Bonchev–Trinajstić information content (AvgIpc) is 2.65. The molecule has 2 saturated heterocycles. The van der Waals surface area contributed by atoms with Crippen LogP contribution in [0.25, 0.3) is 0 Å². The smallest absolute Gasteiger partial charge is 0.232 e. The van der Waals surface area contributed by atoms with Crippen molar-refractivity contribution in [3.05, 3.63) is 59.7 Å². The first-order valence-electron chi connectivity index (χ1n) is 9.70. The third kappa shape index (κ3) is 2.78. The standard InChI is InChI=1S/C22H24N2O2/c25-22(24-16-12-14-6-5-7-15(13-16)23-14)21-17-8-1-3-10-19(17)26-20-11-4-2-9-18(20)21/h1-4,8-11,14-16,21,23H,5-7,12-13H2,(H,24,25). The molecule has 2 aromatic rings. The molecule has 4 nitrogen and oxygen atoms in total. The number of hydrogen-bond donors (Lipinski definition) is 2. The number of hydrogen-bond acceptors (Lipinski definition) is 3. The first-order valence-corrected chi connectivity index (χ1v) is 9.70. The maximum Gasteiger partial charge on any atom is 0.232 e. The number of rotatable bonds is 2. The summed E-state index contributed by atoms with van der Waals surface area (Å²) in [6.45, 7) is 0. The van der Waals surface area contributed by atoms with Crippen LogP contribution in [-0.2, 0) is 4.79 Å². The van der Waals surface area contributed by atoms with Gasteiger partial charge in [-0.25, -0.2) is 0 Å². The van der Waals surface area contributed by atoms with Crippen LogP contribution in [0.3, 0.4) is 0 Å². The first-order chi connectivity index (χ1) is 12.8. The second-order valence-electron chi connectivity index (χ2n) is 7.78. The van der Waals surface area contributed by atoms with Crippen molar-refractivity contribution >= 4 is 5.91 Å². The Morgan fingerprint density at radius 3 is 2.12 bits per heavy atom. The molecule has 2 unspecified atom stereocenters. The fourth-order valence-corrected chi connectivity index (χ4v) is 4.86. The Morgan fingerprint density at radius 1 is 0.923 bits per heavy atom. The number of para-hydroxylation sites is 2. The first kappa shape index (κ1) is 15.9. The summed E-state index contributed by atoms with van der Waals surface area (Å²) in [5, 5.41) is 7.06. The highest BCUT2D eigenvalue weighted by molar-refractivity contribution is 5.89. The SMILES string of the molecule is O=C(NC1CC2CCCC(C1)N2)C1c2ccccc2Oc2ccccc21. The van der Waals surface area contributed by atoms with Gasteiger partial charge in [0, 0.05) is 29.3 Å². The van der Waals surface area contributed by atoms with E-state index in [1.165, 1.54) is 19.3 Å². The Kier molecular flexibility index (Phi) is 3.93. The van der Waals surface area contributed by atoms with Gasteiger partial charge in [0.15, 0.2) is 0 Å². The van der Waals surface area contributed by atoms with E-state index >= 15 is 0 Å². The van der Waals surface area contributed by atoms with Gasteiger partial charge in [0.1, 0.15) is 11.5 Å². The molecule has 5 rings (SSSR count). The number of nitrogens with one attached hydrogen (secondary N) is 2. The Morgan fingerprint density at radius 2 is 1.50 bits per heavy atom. The lowest BCUT2D eigenvalue weighted by Gasteiger charge is -2.41. The van der Waals surface area contributed by atoms with Gasteiger partial charge in [-0.3, -0.25) is 4.79 Å². The van der Waals surface area contributed by atoms with Gasteiger partial charge < -0.3 is 15.4 Å². The van der Waals surface area contributed by atoms with E-state index < -0.39 is 0 Å². The van der Waals surface area contributed by atoms with Crippen molar-refractivity contribution in [3.63, 3.8) is 0 Å². The summed E-state index contributed by atoms with van der Waals surface area (Å²) in [4.78, 5) is 13.3. The normalized spacial score (nSPS) is 27.0. The molecular weight excluding hydrogens is 324 g/mol. The predicted octanol–water partition coefficient (Wildman–Crippen LogP) is 3.71. The molecule has 2 N–H and O–H groups in total. The van der Waals surface area contributed by atoms with Crippen molar-refractivity contribution in [2.75, 3.05) is 0 Å². The van der Waals surface area contributed by atoms with Crippen LogP contribution in [0, 0.1) is 0 Å². The highest BCUT2D eigenvalue weighted by Crippen LogP contribution is 2.44. The minimum absolute atomic E-state index is 0.0955. The molecule has 0 aliphatic carbocycles. The van der Waals surface area contributed by atoms with Gasteiger partial charge in [0.2, 0.25) is 5.91 Å². The van der Waals surface area contributed by atoms with Crippen LogP contribution in [0.5, 0.6) is 11.5 Å². The maximum absolute atomic E-state index is 13.3. The summed E-state index contributed by atoms with van der Waals surface area (Å²) in [5.41, 5.74) is 1.91. The summed E-state index contributed by atoms with van der Waals surface area (Å²) in [6, 6.07) is 17.1. The Balaban J connectivity index is 1.43. The van der Waals surface area contributed by atoms with Gasteiger partial charge in [-0.15, -0.1) is 0 Å². The maximum atomic E-state index is 13.3. The second-order valence-corrected chi connectivity index (χ2v) is 7.78. The molecule has 26 heavy (non-hydrogen) atoms. The van der Waals surface area contributed by atoms with Crippen LogP contribution in [0.15, 0.2) is 48.5 Å². The topological polar surface area (TPSA) is 50.4 Å². The number of carbonyl (C=O) groups excluding carboxylic acids is 1. The summed E-state index contributed by atoms with van der Waals surface area (Å²) in [6.07, 6.45) is 5.84. The zero-order valence-electron chi connectivity index (χ0n) is 14.8. The van der Waals surface area contributed by atoms with Crippen LogP contribution in [0.1, 0.15) is 49.1 Å². The van der Waals surface area contributed by atoms with E-state index in [0.717, 1.165) is 35.5 Å². The van der Waals surface area contributed by atoms with E-state index in [-0.39, 0.29) is 17.9 Å². The van der Waals surface area contributed by atoms with Crippen LogP contribution in [-0.4, -0.2) is 24.0 Å². The van der Waals surface area contributed by atoms with Gasteiger partial charge in [-0.05, 0) is 37.8 Å². The molecule has 2 aromatic carbocycles. The van der Waals surface area contributed by atoms with Gasteiger partial charge in [0.05, 0.1) is 5.92 Å². The van der Waals surface area contributed by atoms with E-state index in [4.69, 9.17) is 4.74 Å². The molecule has 1 amide bonds. The van der Waals surface area contributed by atoms with E-state index in [1.54, 1.807) is 0 Å². The molecule has 2 bridgehead atoms. The minimum Gasteiger partial charge on any atom is -0.457 e. The number of fused-ring (bicyclic) bond motifs is 4. The number of amides is 1. The van der Waals surface area contributed by atoms with Gasteiger partial charge in [0.25, 0.3) is 0 Å². The van der Waals surface area contributed by atoms with E-state index in [2.05, 4.69) is 10.6 Å². The molecule has 0 aromatic heterocycles. The van der Waals surface area contributed by atoms with Crippen LogP contribution in [0.4, 0.5) is 0 Å². The lowest BCUT2D eigenvalue weighted by atomic mass is 9.83. The van der Waals surface area contributed by atoms with Crippen molar-refractivity contribution in [1.82, 2.24) is 10.6 Å². The quantitative estimate of drug-likeness (QED) is 0.870. The third-order valence-electron chi connectivity index (χ3n) is 6.00. The van der Waals surface area contributed by atoms with Crippen LogP contribution in [0.2, 0.25) is 0 Å². The third-order valence-corrected chi connectivity index (χ3v) is 6.00. The fourth-order valence-electron chi connectivity index (χ4n) is 4.86. The van der Waals surface area contributed by atoms with Crippen molar-refractivity contribution in [1.29, 1.82) is 0 Å². The number of benzene rings is 2. The van der Waals surface area contributed by atoms with E-state index in [0.29, 0.717) is 12.1 Å². The molecule has 0 spiro atoms. The summed E-state index contributed by atoms with van der Waals surface area (Å²) in [7, 11) is 0. The van der Waals surface area contributed by atoms with Gasteiger partial charge in [-0.1, -0.05) is 42.8 Å². The zero-order chi connectivity index (χ0) is 17.5. The van der Waals surface area contributed by atoms with Gasteiger partial charge in [-0.2, -0.15) is 0 Å². The molecule has 4 heteroatoms. The summed E-state index contributed by atoms with van der Waals surface area (Å²) >= 11 is 0. The predicted molar refractivity (Wildman–Crippen MR) is 101 cm³/mol. The molecule has 2 fully saturated rings. The lowest BCUT2D eigenvalue weighted by Crippen LogP contribution is -2.55. The number of piperidine rings is 2. The monoisotopic (exact) mass is 348 g/mol. The van der Waals surface area contributed by atoms with Crippen molar-refractivity contribution in [2.24, 2.45) is 0 Å². The Hall–Kier alpha value is -2.33. The molecule has 2 atom stereocenters. The van der Waals surface area contributed by atoms with E-state index in [1.807, 2.05) is 48.5 Å². The average molecular weight is 348 g/mol. The van der Waals surface area contributed by atoms with Crippen molar-refractivity contribution in [3.8, 4) is 11.5 Å².